The molecule has 2 aromatic rings. The number of anilines is 1. The Kier molecular flexibility index (Phi) is 5.47. The van der Waals surface area contributed by atoms with Crippen LogP contribution in [-0.4, -0.2) is 40.4 Å². The molecule has 1 N–H and O–H groups in total. The molecule has 1 aromatic carbocycles. The standard InChI is InChI=1S/C14H11F3N2O6S2/c1-25-13(20)9-6-10(8-18-7-9)19-27(23,24)12-5-3-2-4-11(12)26(21,22)14(15,16)17/h2-8,19H,1H3. The van der Waals surface area contributed by atoms with E-state index in [1.165, 1.54) is 0 Å². The quantitative estimate of drug-likeness (QED) is 0.729. The molecule has 0 aliphatic carbocycles. The lowest BCUT2D eigenvalue weighted by molar-refractivity contribution is -0.0437. The van der Waals surface area contributed by atoms with E-state index in [0.717, 1.165) is 37.7 Å². The van der Waals surface area contributed by atoms with Crippen LogP contribution in [0, 0.1) is 0 Å². The number of esters is 1. The van der Waals surface area contributed by atoms with Gasteiger partial charge in [0.15, 0.2) is 0 Å². The Bertz CT molecular complexity index is 1080. The number of sulfonamides is 1. The Hall–Kier alpha value is -2.67. The highest BCUT2D eigenvalue weighted by Crippen LogP contribution is 2.34. The summed E-state index contributed by atoms with van der Waals surface area (Å²) in [6.45, 7) is 0. The summed E-state index contributed by atoms with van der Waals surface area (Å²) in [4.78, 5) is 12.5. The van der Waals surface area contributed by atoms with Crippen LogP contribution in [0.5, 0.6) is 0 Å². The number of aromatic nitrogens is 1. The summed E-state index contributed by atoms with van der Waals surface area (Å²) in [6, 6.07) is 4.28. The summed E-state index contributed by atoms with van der Waals surface area (Å²) in [5.74, 6) is -0.830. The van der Waals surface area contributed by atoms with Crippen molar-refractivity contribution in [3.05, 3.63) is 48.3 Å². The topological polar surface area (TPSA) is 119 Å². The minimum atomic E-state index is -5.92. The largest absolute Gasteiger partial charge is 0.501 e. The molecule has 2 rings (SSSR count). The number of hydrogen-bond donors (Lipinski definition) is 1. The summed E-state index contributed by atoms with van der Waals surface area (Å²) < 4.78 is 93.1. The number of pyridine rings is 1. The van der Waals surface area contributed by atoms with E-state index in [4.69, 9.17) is 0 Å². The molecule has 1 heterocycles. The van der Waals surface area contributed by atoms with Gasteiger partial charge in [0.2, 0.25) is 0 Å². The molecule has 0 unspecified atom stereocenters. The summed E-state index contributed by atoms with van der Waals surface area (Å²) in [7, 11) is -9.59. The average molecular weight is 424 g/mol. The molecule has 13 heteroatoms. The van der Waals surface area contributed by atoms with Crippen molar-refractivity contribution in [2.24, 2.45) is 0 Å². The van der Waals surface area contributed by atoms with E-state index in [1.54, 1.807) is 0 Å². The van der Waals surface area contributed by atoms with Crippen molar-refractivity contribution in [3.8, 4) is 0 Å². The fourth-order valence-corrected chi connectivity index (χ4v) is 4.57. The number of benzene rings is 1. The summed E-state index contributed by atoms with van der Waals surface area (Å²) in [5, 5.41) is 0. The fraction of sp³-hybridized carbons (Fsp3) is 0.143. The van der Waals surface area contributed by atoms with Crippen molar-refractivity contribution in [2.45, 2.75) is 15.3 Å². The van der Waals surface area contributed by atoms with Crippen molar-refractivity contribution < 1.29 is 39.5 Å². The van der Waals surface area contributed by atoms with Crippen LogP contribution in [0.1, 0.15) is 10.4 Å². The molecule has 27 heavy (non-hydrogen) atoms. The Balaban J connectivity index is 2.53. The van der Waals surface area contributed by atoms with Crippen molar-refractivity contribution in [1.82, 2.24) is 4.98 Å². The van der Waals surface area contributed by atoms with Gasteiger partial charge in [-0.2, -0.15) is 13.2 Å². The number of sulfone groups is 1. The lowest BCUT2D eigenvalue weighted by Crippen LogP contribution is -2.26. The lowest BCUT2D eigenvalue weighted by atomic mass is 10.3. The van der Waals surface area contributed by atoms with E-state index in [1.807, 2.05) is 4.72 Å². The molecule has 0 atom stereocenters. The van der Waals surface area contributed by atoms with Gasteiger partial charge in [-0.3, -0.25) is 9.71 Å². The zero-order valence-electron chi connectivity index (χ0n) is 13.4. The van der Waals surface area contributed by atoms with Gasteiger partial charge in [0.25, 0.3) is 19.9 Å². The van der Waals surface area contributed by atoms with Crippen LogP contribution < -0.4 is 4.72 Å². The third-order valence-corrected chi connectivity index (χ3v) is 6.26. The number of halogens is 3. The minimum absolute atomic E-state index is 0.131. The van der Waals surface area contributed by atoms with Crippen LogP contribution in [-0.2, 0) is 24.6 Å². The molecule has 0 aliphatic rings. The number of nitrogens with zero attached hydrogens (tertiary/aromatic N) is 1. The van der Waals surface area contributed by atoms with E-state index in [9.17, 15) is 34.8 Å². The van der Waals surface area contributed by atoms with Crippen LogP contribution in [0.3, 0.4) is 0 Å². The highest BCUT2D eigenvalue weighted by Gasteiger charge is 2.49. The first-order valence-electron chi connectivity index (χ1n) is 6.87. The highest BCUT2D eigenvalue weighted by atomic mass is 32.2. The molecule has 0 spiro atoms. The summed E-state index contributed by atoms with van der Waals surface area (Å²) in [5.41, 5.74) is -6.10. The average Bonchev–Trinajstić information content (AvgIpc) is 2.60. The second-order valence-corrected chi connectivity index (χ2v) is 8.52. The molecule has 146 valence electrons. The van der Waals surface area contributed by atoms with Gasteiger partial charge >= 0.3 is 11.5 Å². The number of ether oxygens (including phenoxy) is 1. The monoisotopic (exact) mass is 424 g/mol. The molecule has 0 amide bonds. The predicted octanol–water partition coefficient (Wildman–Crippen LogP) is 1.96. The molecule has 0 radical (unpaired) electrons. The number of hydrogen-bond acceptors (Lipinski definition) is 7. The Morgan fingerprint density at radius 1 is 1.07 bits per heavy atom. The van der Waals surface area contributed by atoms with Crippen LogP contribution in [0.15, 0.2) is 52.5 Å². The minimum Gasteiger partial charge on any atom is -0.465 e. The Morgan fingerprint density at radius 2 is 1.67 bits per heavy atom. The first-order valence-corrected chi connectivity index (χ1v) is 9.83. The van der Waals surface area contributed by atoms with Gasteiger partial charge in [0.05, 0.1) is 29.5 Å². The molecule has 0 bridgehead atoms. The second-order valence-electron chi connectivity index (χ2n) is 4.96. The van der Waals surface area contributed by atoms with Gasteiger partial charge in [0.1, 0.15) is 4.90 Å². The molecule has 0 fully saturated rings. The van der Waals surface area contributed by atoms with Crippen molar-refractivity contribution >= 4 is 31.5 Å². The SMILES string of the molecule is COC(=O)c1cncc(NS(=O)(=O)c2ccccc2S(=O)(=O)C(F)(F)F)c1. The van der Waals surface area contributed by atoms with Gasteiger partial charge in [0, 0.05) is 6.20 Å². The Morgan fingerprint density at radius 3 is 2.22 bits per heavy atom. The first-order chi connectivity index (χ1) is 12.4. The van der Waals surface area contributed by atoms with Crippen molar-refractivity contribution in [2.75, 3.05) is 11.8 Å². The Labute approximate surface area is 152 Å². The maximum atomic E-state index is 12.8. The molecular weight excluding hydrogens is 413 g/mol. The number of rotatable bonds is 5. The second kappa shape index (κ2) is 7.15. The number of nitrogens with one attached hydrogen (secondary N) is 1. The highest BCUT2D eigenvalue weighted by molar-refractivity contribution is 7.95. The predicted molar refractivity (Wildman–Crippen MR) is 86.1 cm³/mol. The van der Waals surface area contributed by atoms with Gasteiger partial charge in [-0.05, 0) is 18.2 Å². The molecule has 1 aromatic heterocycles. The zero-order chi connectivity index (χ0) is 20.5. The van der Waals surface area contributed by atoms with E-state index in [0.29, 0.717) is 12.1 Å². The fourth-order valence-electron chi connectivity index (χ4n) is 1.95. The molecule has 0 aliphatic heterocycles. The first kappa shape index (κ1) is 20.6. The van der Waals surface area contributed by atoms with Crippen LogP contribution >= 0.6 is 0 Å². The van der Waals surface area contributed by atoms with E-state index < -0.39 is 41.1 Å². The maximum Gasteiger partial charge on any atom is 0.501 e. The molecule has 0 saturated heterocycles. The van der Waals surface area contributed by atoms with E-state index in [2.05, 4.69) is 9.72 Å². The van der Waals surface area contributed by atoms with Gasteiger partial charge in [-0.15, -0.1) is 0 Å². The third-order valence-electron chi connectivity index (χ3n) is 3.14. The van der Waals surface area contributed by atoms with E-state index >= 15 is 0 Å². The number of carbonyl (C=O) groups excluding carboxylic acids is 1. The van der Waals surface area contributed by atoms with Crippen LogP contribution in [0.4, 0.5) is 18.9 Å². The number of methoxy groups -OCH3 is 1. The third kappa shape index (κ3) is 4.19. The normalized spacial score (nSPS) is 12.4. The van der Waals surface area contributed by atoms with Crippen LogP contribution in [0.2, 0.25) is 0 Å². The molecular formula is C14H11F3N2O6S2. The smallest absolute Gasteiger partial charge is 0.465 e. The van der Waals surface area contributed by atoms with Gasteiger partial charge in [-0.25, -0.2) is 21.6 Å². The summed E-state index contributed by atoms with van der Waals surface area (Å²) >= 11 is 0. The van der Waals surface area contributed by atoms with Crippen LogP contribution in [0.25, 0.3) is 0 Å². The van der Waals surface area contributed by atoms with E-state index in [-0.39, 0.29) is 11.3 Å². The lowest BCUT2D eigenvalue weighted by Gasteiger charge is -2.14. The molecule has 8 nitrogen and oxygen atoms in total. The zero-order valence-corrected chi connectivity index (χ0v) is 15.0. The molecule has 0 saturated carbocycles. The number of carbonyl (C=O) groups is 1. The van der Waals surface area contributed by atoms with Crippen molar-refractivity contribution in [1.29, 1.82) is 0 Å². The van der Waals surface area contributed by atoms with Gasteiger partial charge < -0.3 is 4.74 Å². The summed E-state index contributed by atoms with van der Waals surface area (Å²) in [6.07, 6.45) is 2.05. The maximum absolute atomic E-state index is 12.8. The number of alkyl halides is 3. The van der Waals surface area contributed by atoms with Gasteiger partial charge in [-0.1, -0.05) is 12.1 Å². The van der Waals surface area contributed by atoms with Crippen molar-refractivity contribution in [3.63, 3.8) is 0 Å².